The van der Waals surface area contributed by atoms with Crippen LogP contribution in [0, 0.1) is 5.82 Å². The lowest BCUT2D eigenvalue weighted by Crippen LogP contribution is -2.17. The van der Waals surface area contributed by atoms with E-state index in [9.17, 15) is 4.39 Å². The summed E-state index contributed by atoms with van der Waals surface area (Å²) >= 11 is 6.09. The van der Waals surface area contributed by atoms with E-state index >= 15 is 0 Å². The summed E-state index contributed by atoms with van der Waals surface area (Å²) < 4.78 is 25.9. The first-order valence-corrected chi connectivity index (χ1v) is 7.90. The molecule has 2 aromatic carbocycles. The van der Waals surface area contributed by atoms with Crippen LogP contribution in [0.2, 0.25) is 5.02 Å². The van der Waals surface area contributed by atoms with E-state index in [1.807, 2.05) is 13.0 Å². The first kappa shape index (κ1) is 18.6. The molecule has 1 aliphatic heterocycles. The number of fused-ring (bicyclic) bond motifs is 1. The van der Waals surface area contributed by atoms with Crippen molar-refractivity contribution in [1.29, 1.82) is 0 Å². The number of nitrogens with two attached hydrogens (primary N) is 1. The lowest BCUT2D eigenvalue weighted by Gasteiger charge is -2.20. The summed E-state index contributed by atoms with van der Waals surface area (Å²) in [5.74, 6) is 0.586. The zero-order valence-electron chi connectivity index (χ0n) is 13.1. The Labute approximate surface area is 151 Å². The van der Waals surface area contributed by atoms with Gasteiger partial charge in [0.1, 0.15) is 18.1 Å². The third-order valence-electron chi connectivity index (χ3n) is 3.77. The SMILES string of the molecule is CC[C@@H](N)c1ccc(Cl)c(Oc2ccc3c(c2)OCCN3)c1F.Cl. The Kier molecular flexibility index (Phi) is 6.15. The normalized spacial score (nSPS) is 13.8. The number of benzene rings is 2. The maximum atomic E-state index is 14.7. The van der Waals surface area contributed by atoms with Crippen LogP contribution in [-0.4, -0.2) is 13.2 Å². The number of hydrogen-bond donors (Lipinski definition) is 2. The third kappa shape index (κ3) is 3.69. The fourth-order valence-corrected chi connectivity index (χ4v) is 2.63. The van der Waals surface area contributed by atoms with Crippen molar-refractivity contribution in [3.8, 4) is 17.2 Å². The molecule has 3 rings (SSSR count). The highest BCUT2D eigenvalue weighted by Crippen LogP contribution is 2.38. The molecule has 130 valence electrons. The summed E-state index contributed by atoms with van der Waals surface area (Å²) in [6.45, 7) is 3.23. The lowest BCUT2D eigenvalue weighted by molar-refractivity contribution is 0.321. The van der Waals surface area contributed by atoms with Gasteiger partial charge < -0.3 is 20.5 Å². The van der Waals surface area contributed by atoms with Gasteiger partial charge in [0.25, 0.3) is 0 Å². The summed E-state index contributed by atoms with van der Waals surface area (Å²) in [4.78, 5) is 0. The Morgan fingerprint density at radius 3 is 2.92 bits per heavy atom. The molecule has 3 N–H and O–H groups in total. The molecule has 4 nitrogen and oxygen atoms in total. The van der Waals surface area contributed by atoms with E-state index < -0.39 is 11.9 Å². The van der Waals surface area contributed by atoms with Crippen LogP contribution in [0.15, 0.2) is 30.3 Å². The standard InChI is InChI=1S/C17H18ClFN2O2.ClH/c1-2-13(20)11-4-5-12(18)17(16(11)19)23-10-3-6-14-15(9-10)22-8-7-21-14;/h3-6,9,13,21H,2,7-8,20H2,1H3;1H/t13-;/m1./s1. The quantitative estimate of drug-likeness (QED) is 0.800. The van der Waals surface area contributed by atoms with Gasteiger partial charge in [-0.25, -0.2) is 4.39 Å². The zero-order valence-corrected chi connectivity index (χ0v) is 14.7. The summed E-state index contributed by atoms with van der Waals surface area (Å²) in [6, 6.07) is 8.08. The Hall–Kier alpha value is -1.69. The van der Waals surface area contributed by atoms with Crippen LogP contribution in [0.4, 0.5) is 10.1 Å². The fraction of sp³-hybridized carbons (Fsp3) is 0.294. The molecule has 1 heterocycles. The largest absolute Gasteiger partial charge is 0.489 e. The maximum absolute atomic E-state index is 14.7. The van der Waals surface area contributed by atoms with E-state index in [2.05, 4.69) is 5.32 Å². The van der Waals surface area contributed by atoms with E-state index in [4.69, 9.17) is 26.8 Å². The van der Waals surface area contributed by atoms with Gasteiger partial charge in [0.15, 0.2) is 11.6 Å². The molecule has 0 fully saturated rings. The predicted molar refractivity (Wildman–Crippen MR) is 96.4 cm³/mol. The van der Waals surface area contributed by atoms with Gasteiger partial charge in [0, 0.05) is 24.2 Å². The van der Waals surface area contributed by atoms with Crippen LogP contribution in [0.1, 0.15) is 24.9 Å². The highest BCUT2D eigenvalue weighted by Gasteiger charge is 2.19. The molecule has 0 bridgehead atoms. The number of ether oxygens (including phenoxy) is 2. The molecule has 0 amide bonds. The van der Waals surface area contributed by atoms with Crippen LogP contribution < -0.4 is 20.5 Å². The van der Waals surface area contributed by atoms with Crippen molar-refractivity contribution in [3.05, 3.63) is 46.7 Å². The second-order valence-electron chi connectivity index (χ2n) is 5.33. The second-order valence-corrected chi connectivity index (χ2v) is 5.74. The number of nitrogens with one attached hydrogen (secondary N) is 1. The van der Waals surface area contributed by atoms with Crippen LogP contribution in [-0.2, 0) is 0 Å². The molecule has 1 aliphatic rings. The van der Waals surface area contributed by atoms with Gasteiger partial charge in [-0.05, 0) is 24.6 Å². The Morgan fingerprint density at radius 1 is 1.38 bits per heavy atom. The first-order chi connectivity index (χ1) is 11.1. The van der Waals surface area contributed by atoms with Gasteiger partial charge in [0.2, 0.25) is 0 Å². The van der Waals surface area contributed by atoms with Crippen LogP contribution >= 0.6 is 24.0 Å². The average molecular weight is 373 g/mol. The molecule has 0 spiro atoms. The van der Waals surface area contributed by atoms with E-state index in [0.29, 0.717) is 30.1 Å². The first-order valence-electron chi connectivity index (χ1n) is 7.52. The van der Waals surface area contributed by atoms with Crippen molar-refractivity contribution >= 4 is 29.7 Å². The van der Waals surface area contributed by atoms with Crippen LogP contribution in [0.5, 0.6) is 17.2 Å². The number of halogens is 3. The molecule has 24 heavy (non-hydrogen) atoms. The van der Waals surface area contributed by atoms with Crippen LogP contribution in [0.3, 0.4) is 0 Å². The average Bonchev–Trinajstić information content (AvgIpc) is 2.58. The zero-order chi connectivity index (χ0) is 16.4. The van der Waals surface area contributed by atoms with E-state index in [-0.39, 0.29) is 23.2 Å². The monoisotopic (exact) mass is 372 g/mol. The van der Waals surface area contributed by atoms with Crippen molar-refractivity contribution in [2.75, 3.05) is 18.5 Å². The smallest absolute Gasteiger partial charge is 0.181 e. The minimum absolute atomic E-state index is 0. The fourth-order valence-electron chi connectivity index (χ4n) is 2.44. The minimum Gasteiger partial charge on any atom is -0.489 e. The third-order valence-corrected chi connectivity index (χ3v) is 4.06. The number of rotatable bonds is 4. The van der Waals surface area contributed by atoms with Gasteiger partial charge >= 0.3 is 0 Å². The summed E-state index contributed by atoms with van der Waals surface area (Å²) in [5, 5.41) is 3.41. The van der Waals surface area contributed by atoms with Gasteiger partial charge in [-0.15, -0.1) is 12.4 Å². The molecule has 2 aromatic rings. The van der Waals surface area contributed by atoms with Crippen molar-refractivity contribution in [2.24, 2.45) is 5.73 Å². The lowest BCUT2D eigenvalue weighted by atomic mass is 10.0. The Morgan fingerprint density at radius 2 is 2.17 bits per heavy atom. The Bertz CT molecular complexity index is 728. The highest BCUT2D eigenvalue weighted by atomic mass is 35.5. The molecular weight excluding hydrogens is 354 g/mol. The Balaban J connectivity index is 0.00000208. The number of hydrogen-bond acceptors (Lipinski definition) is 4. The molecule has 0 saturated carbocycles. The van der Waals surface area contributed by atoms with Gasteiger partial charge in [-0.1, -0.05) is 24.6 Å². The van der Waals surface area contributed by atoms with Crippen molar-refractivity contribution in [1.82, 2.24) is 0 Å². The van der Waals surface area contributed by atoms with Crippen molar-refractivity contribution in [2.45, 2.75) is 19.4 Å². The van der Waals surface area contributed by atoms with Crippen molar-refractivity contribution in [3.63, 3.8) is 0 Å². The molecule has 0 aromatic heterocycles. The topological polar surface area (TPSA) is 56.5 Å². The second kappa shape index (κ2) is 7.92. The van der Waals surface area contributed by atoms with E-state index in [1.165, 1.54) is 0 Å². The highest BCUT2D eigenvalue weighted by molar-refractivity contribution is 6.32. The van der Waals surface area contributed by atoms with E-state index in [1.54, 1.807) is 24.3 Å². The van der Waals surface area contributed by atoms with Gasteiger partial charge in [0.05, 0.1) is 10.7 Å². The summed E-state index contributed by atoms with van der Waals surface area (Å²) in [6.07, 6.45) is 0.621. The molecule has 7 heteroatoms. The minimum atomic E-state index is -0.524. The van der Waals surface area contributed by atoms with Crippen molar-refractivity contribution < 1.29 is 13.9 Å². The molecule has 0 radical (unpaired) electrons. The summed E-state index contributed by atoms with van der Waals surface area (Å²) in [7, 11) is 0. The molecular formula is C17H19Cl2FN2O2. The van der Waals surface area contributed by atoms with Crippen LogP contribution in [0.25, 0.3) is 0 Å². The number of anilines is 1. The van der Waals surface area contributed by atoms with Gasteiger partial charge in [-0.3, -0.25) is 0 Å². The van der Waals surface area contributed by atoms with Gasteiger partial charge in [-0.2, -0.15) is 0 Å². The van der Waals surface area contributed by atoms with E-state index in [0.717, 1.165) is 12.2 Å². The predicted octanol–water partition coefficient (Wildman–Crippen LogP) is 4.91. The molecule has 1 atom stereocenters. The molecule has 0 aliphatic carbocycles. The molecule has 0 unspecified atom stereocenters. The summed E-state index contributed by atoms with van der Waals surface area (Å²) in [5.41, 5.74) is 7.21. The maximum Gasteiger partial charge on any atom is 0.181 e. The molecule has 0 saturated heterocycles.